The van der Waals surface area contributed by atoms with Crippen LogP contribution in [-0.2, 0) is 4.79 Å². The van der Waals surface area contributed by atoms with Crippen LogP contribution in [0.5, 0.6) is 0 Å². The molecular weight excluding hydrogens is 301 g/mol. The van der Waals surface area contributed by atoms with E-state index in [0.717, 1.165) is 34.0 Å². The molecule has 0 amide bonds. The number of allylic oxidation sites excluding steroid dienone is 1. The molecule has 0 N–H and O–H groups in total. The largest absolute Gasteiger partial charge is 0.338 e. The molecule has 0 unspecified atom stereocenters. The van der Waals surface area contributed by atoms with Gasteiger partial charge in [-0.05, 0) is 56.2 Å². The number of carbonyl (C=O) groups excluding carboxylic acids is 1. The minimum atomic E-state index is -0.257. The van der Waals surface area contributed by atoms with Crippen molar-refractivity contribution in [1.82, 2.24) is 4.57 Å². The van der Waals surface area contributed by atoms with Crippen LogP contribution < -0.4 is 0 Å². The third-order valence-electron chi connectivity index (χ3n) is 4.25. The Morgan fingerprint density at radius 1 is 1.08 bits per heavy atom. The zero-order valence-electron chi connectivity index (χ0n) is 14.1. The lowest BCUT2D eigenvalue weighted by atomic mass is 10.0. The van der Waals surface area contributed by atoms with E-state index in [1.54, 1.807) is 12.1 Å². The Bertz CT molecular complexity index is 917. The molecule has 24 heavy (non-hydrogen) atoms. The SMILES string of the molecule is Cc1cccc2c(-c3ccc(F)cc3)c(/C=C/C=O)n(C(C)C)c12. The molecule has 0 aliphatic heterocycles. The van der Waals surface area contributed by atoms with E-state index in [1.807, 2.05) is 12.1 Å². The standard InChI is InChI=1S/C21H20FNO/c1-14(2)23-19(8-5-13-24)20(16-9-11-17(22)12-10-16)18-7-4-6-15(3)21(18)23/h4-14H,1-3H3/b8-5+. The van der Waals surface area contributed by atoms with Crippen molar-refractivity contribution in [3.05, 3.63) is 65.6 Å². The molecule has 0 spiro atoms. The zero-order chi connectivity index (χ0) is 17.3. The Morgan fingerprint density at radius 2 is 1.79 bits per heavy atom. The monoisotopic (exact) mass is 321 g/mol. The van der Waals surface area contributed by atoms with Gasteiger partial charge in [-0.2, -0.15) is 0 Å². The van der Waals surface area contributed by atoms with Crippen LogP contribution >= 0.6 is 0 Å². The number of halogens is 1. The number of rotatable bonds is 4. The molecule has 122 valence electrons. The van der Waals surface area contributed by atoms with E-state index in [0.29, 0.717) is 0 Å². The van der Waals surface area contributed by atoms with Crippen LogP contribution in [0.25, 0.3) is 28.1 Å². The first-order chi connectivity index (χ1) is 11.5. The minimum Gasteiger partial charge on any atom is -0.338 e. The van der Waals surface area contributed by atoms with Gasteiger partial charge in [-0.15, -0.1) is 0 Å². The van der Waals surface area contributed by atoms with Gasteiger partial charge in [0, 0.05) is 17.0 Å². The summed E-state index contributed by atoms with van der Waals surface area (Å²) >= 11 is 0. The normalized spacial score (nSPS) is 11.7. The summed E-state index contributed by atoms with van der Waals surface area (Å²) in [5.41, 5.74) is 5.26. The van der Waals surface area contributed by atoms with Crippen LogP contribution in [0.15, 0.2) is 48.5 Å². The maximum absolute atomic E-state index is 13.4. The van der Waals surface area contributed by atoms with Crippen LogP contribution in [0, 0.1) is 12.7 Å². The van der Waals surface area contributed by atoms with Gasteiger partial charge in [0.2, 0.25) is 0 Å². The molecule has 0 saturated heterocycles. The molecule has 0 radical (unpaired) electrons. The molecule has 2 nitrogen and oxygen atoms in total. The first kappa shape index (κ1) is 16.2. The van der Waals surface area contributed by atoms with E-state index >= 15 is 0 Å². The summed E-state index contributed by atoms with van der Waals surface area (Å²) in [5, 5.41) is 1.11. The molecular formula is C21H20FNO. The van der Waals surface area contributed by atoms with Gasteiger partial charge in [-0.1, -0.05) is 30.3 Å². The number of nitrogens with zero attached hydrogens (tertiary/aromatic N) is 1. The fourth-order valence-corrected chi connectivity index (χ4v) is 3.31. The maximum atomic E-state index is 13.4. The molecule has 1 aromatic heterocycles. The van der Waals surface area contributed by atoms with E-state index in [4.69, 9.17) is 0 Å². The van der Waals surface area contributed by atoms with Crippen molar-refractivity contribution in [2.45, 2.75) is 26.8 Å². The quantitative estimate of drug-likeness (QED) is 0.456. The lowest BCUT2D eigenvalue weighted by Crippen LogP contribution is -2.04. The van der Waals surface area contributed by atoms with Crippen molar-refractivity contribution in [2.75, 3.05) is 0 Å². The molecule has 0 bridgehead atoms. The average Bonchev–Trinajstić information content (AvgIpc) is 2.89. The number of hydrogen-bond donors (Lipinski definition) is 0. The number of benzene rings is 2. The third-order valence-corrected chi connectivity index (χ3v) is 4.25. The Labute approximate surface area is 141 Å². The summed E-state index contributed by atoms with van der Waals surface area (Å²) in [4.78, 5) is 10.9. The molecule has 0 aliphatic rings. The van der Waals surface area contributed by atoms with Gasteiger partial charge in [-0.25, -0.2) is 4.39 Å². The van der Waals surface area contributed by atoms with Crippen molar-refractivity contribution < 1.29 is 9.18 Å². The van der Waals surface area contributed by atoms with Crippen LogP contribution in [0.2, 0.25) is 0 Å². The van der Waals surface area contributed by atoms with Gasteiger partial charge < -0.3 is 4.57 Å². The van der Waals surface area contributed by atoms with Crippen molar-refractivity contribution in [1.29, 1.82) is 0 Å². The predicted molar refractivity (Wildman–Crippen MR) is 97.6 cm³/mol. The second-order valence-corrected chi connectivity index (χ2v) is 6.20. The summed E-state index contributed by atoms with van der Waals surface area (Å²) in [7, 11) is 0. The van der Waals surface area contributed by atoms with Gasteiger partial charge in [0.15, 0.2) is 0 Å². The Balaban J connectivity index is 2.46. The zero-order valence-corrected chi connectivity index (χ0v) is 14.1. The van der Waals surface area contributed by atoms with E-state index in [2.05, 4.69) is 37.5 Å². The number of aromatic nitrogens is 1. The van der Waals surface area contributed by atoms with Crippen molar-refractivity contribution in [2.24, 2.45) is 0 Å². The van der Waals surface area contributed by atoms with Crippen LogP contribution in [-0.4, -0.2) is 10.9 Å². The summed E-state index contributed by atoms with van der Waals surface area (Å²) in [6.45, 7) is 6.33. The Kier molecular flexibility index (Phi) is 4.34. The van der Waals surface area contributed by atoms with Gasteiger partial charge in [0.05, 0.1) is 11.2 Å². The van der Waals surface area contributed by atoms with Gasteiger partial charge >= 0.3 is 0 Å². The second kappa shape index (κ2) is 6.44. The highest BCUT2D eigenvalue weighted by Gasteiger charge is 2.19. The first-order valence-electron chi connectivity index (χ1n) is 8.06. The fraction of sp³-hybridized carbons (Fsp3) is 0.190. The molecule has 0 saturated carbocycles. The van der Waals surface area contributed by atoms with E-state index in [9.17, 15) is 9.18 Å². The van der Waals surface area contributed by atoms with E-state index < -0.39 is 0 Å². The smallest absolute Gasteiger partial charge is 0.142 e. The predicted octanol–water partition coefficient (Wildman–Crippen LogP) is 5.55. The summed E-state index contributed by atoms with van der Waals surface area (Å²) in [5.74, 6) is -0.257. The number of para-hydroxylation sites is 1. The average molecular weight is 321 g/mol. The lowest BCUT2D eigenvalue weighted by Gasteiger charge is -2.14. The van der Waals surface area contributed by atoms with E-state index in [-0.39, 0.29) is 11.9 Å². The molecule has 0 atom stereocenters. The van der Waals surface area contributed by atoms with Crippen LogP contribution in [0.3, 0.4) is 0 Å². The number of fused-ring (bicyclic) bond motifs is 1. The molecule has 1 heterocycles. The summed E-state index contributed by atoms with van der Waals surface area (Å²) < 4.78 is 15.6. The third kappa shape index (κ3) is 2.67. The molecule has 0 fully saturated rings. The number of hydrogen-bond acceptors (Lipinski definition) is 1. The van der Waals surface area contributed by atoms with Gasteiger partial charge in [0.25, 0.3) is 0 Å². The minimum absolute atomic E-state index is 0.231. The van der Waals surface area contributed by atoms with Crippen LogP contribution in [0.4, 0.5) is 4.39 Å². The highest BCUT2D eigenvalue weighted by atomic mass is 19.1. The van der Waals surface area contributed by atoms with Crippen molar-refractivity contribution in [3.63, 3.8) is 0 Å². The molecule has 3 rings (SSSR count). The molecule has 3 heteroatoms. The summed E-state index contributed by atoms with van der Waals surface area (Å²) in [6, 6.07) is 12.9. The summed E-state index contributed by atoms with van der Waals surface area (Å²) in [6.07, 6.45) is 4.13. The molecule has 0 aliphatic carbocycles. The van der Waals surface area contributed by atoms with Gasteiger partial charge in [-0.3, -0.25) is 4.79 Å². The maximum Gasteiger partial charge on any atom is 0.142 e. The van der Waals surface area contributed by atoms with E-state index in [1.165, 1.54) is 23.8 Å². The van der Waals surface area contributed by atoms with Crippen molar-refractivity contribution >= 4 is 23.3 Å². The Hall–Kier alpha value is -2.68. The van der Waals surface area contributed by atoms with Gasteiger partial charge in [0.1, 0.15) is 12.1 Å². The fourth-order valence-electron chi connectivity index (χ4n) is 3.31. The lowest BCUT2D eigenvalue weighted by molar-refractivity contribution is -0.104. The highest BCUT2D eigenvalue weighted by molar-refractivity contribution is 6.02. The number of aldehydes is 1. The highest BCUT2D eigenvalue weighted by Crippen LogP contribution is 2.39. The van der Waals surface area contributed by atoms with Crippen LogP contribution in [0.1, 0.15) is 31.1 Å². The van der Waals surface area contributed by atoms with Crippen molar-refractivity contribution in [3.8, 4) is 11.1 Å². The number of aryl methyl sites for hydroxylation is 1. The Morgan fingerprint density at radius 3 is 2.42 bits per heavy atom. The second-order valence-electron chi connectivity index (χ2n) is 6.20. The topological polar surface area (TPSA) is 22.0 Å². The molecule has 2 aromatic carbocycles. The molecule has 3 aromatic rings. The first-order valence-corrected chi connectivity index (χ1v) is 8.06. The number of carbonyl (C=O) groups is 1.